The van der Waals surface area contributed by atoms with Gasteiger partial charge in [0, 0.05) is 16.8 Å². The topological polar surface area (TPSA) is 46.0 Å². The molecule has 3 rings (SSSR count). The molecule has 0 saturated carbocycles. The van der Waals surface area contributed by atoms with Gasteiger partial charge in [0.05, 0.1) is 5.69 Å². The molecule has 0 aliphatic heterocycles. The maximum Gasteiger partial charge on any atom is 0.116 e. The summed E-state index contributed by atoms with van der Waals surface area (Å²) in [7, 11) is 0. The summed E-state index contributed by atoms with van der Waals surface area (Å²) in [6.45, 7) is 2.22. The van der Waals surface area contributed by atoms with Crippen molar-refractivity contribution in [2.45, 2.75) is 25.7 Å². The lowest BCUT2D eigenvalue weighted by atomic mass is 9.99. The van der Waals surface area contributed by atoms with Crippen LogP contribution in [-0.4, -0.2) is 15.1 Å². The summed E-state index contributed by atoms with van der Waals surface area (Å²) < 4.78 is 0. The number of fused-ring (bicyclic) bond motifs is 1. The summed E-state index contributed by atoms with van der Waals surface area (Å²) in [5.41, 5.74) is 4.52. The molecule has 0 spiro atoms. The minimum absolute atomic E-state index is 0.285. The maximum absolute atomic E-state index is 9.32. The smallest absolute Gasteiger partial charge is 0.116 e. The first-order valence-electron chi connectivity index (χ1n) is 5.89. The Morgan fingerprint density at radius 1 is 1.18 bits per heavy atom. The molecule has 0 saturated heterocycles. The van der Waals surface area contributed by atoms with Crippen molar-refractivity contribution in [2.24, 2.45) is 0 Å². The lowest BCUT2D eigenvalue weighted by Gasteiger charge is -2.10. The molecule has 0 fully saturated rings. The van der Waals surface area contributed by atoms with Gasteiger partial charge in [0.2, 0.25) is 0 Å². The molecule has 3 nitrogen and oxygen atoms in total. The fourth-order valence-corrected chi connectivity index (χ4v) is 2.50. The Labute approximate surface area is 100 Å². The molecule has 1 aromatic heterocycles. The predicted octanol–water partition coefficient (Wildman–Crippen LogP) is 2.90. The standard InChI is InChI=1S/C14H14N2O/c1-9-2-7-12-13(9)14(16-8-15-12)10-3-5-11(17)6-4-10/h3-6,8-9,17H,2,7H2,1H3. The molecule has 2 aromatic rings. The van der Waals surface area contributed by atoms with Crippen molar-refractivity contribution >= 4 is 0 Å². The van der Waals surface area contributed by atoms with Crippen LogP contribution in [0.5, 0.6) is 5.75 Å². The highest BCUT2D eigenvalue weighted by atomic mass is 16.3. The van der Waals surface area contributed by atoms with Gasteiger partial charge >= 0.3 is 0 Å². The molecule has 1 aromatic carbocycles. The zero-order valence-corrected chi connectivity index (χ0v) is 9.72. The van der Waals surface area contributed by atoms with Gasteiger partial charge in [-0.05, 0) is 43.0 Å². The average molecular weight is 226 g/mol. The zero-order chi connectivity index (χ0) is 11.8. The van der Waals surface area contributed by atoms with Gasteiger partial charge in [-0.25, -0.2) is 9.97 Å². The van der Waals surface area contributed by atoms with Crippen molar-refractivity contribution in [1.82, 2.24) is 9.97 Å². The number of nitrogens with zero attached hydrogens (tertiary/aromatic N) is 2. The Bertz CT molecular complexity index is 549. The van der Waals surface area contributed by atoms with Gasteiger partial charge in [0.25, 0.3) is 0 Å². The largest absolute Gasteiger partial charge is 0.508 e. The number of hydrogen-bond donors (Lipinski definition) is 1. The van der Waals surface area contributed by atoms with Gasteiger partial charge < -0.3 is 5.11 Å². The fourth-order valence-electron chi connectivity index (χ4n) is 2.50. The van der Waals surface area contributed by atoms with E-state index in [9.17, 15) is 5.11 Å². The van der Waals surface area contributed by atoms with Crippen LogP contribution in [0.3, 0.4) is 0 Å². The van der Waals surface area contributed by atoms with Crippen LogP contribution in [-0.2, 0) is 6.42 Å². The zero-order valence-electron chi connectivity index (χ0n) is 9.72. The Hall–Kier alpha value is -1.90. The molecule has 1 heterocycles. The van der Waals surface area contributed by atoms with E-state index in [0.29, 0.717) is 5.92 Å². The predicted molar refractivity (Wildman–Crippen MR) is 65.9 cm³/mol. The second-order valence-electron chi connectivity index (χ2n) is 4.57. The molecule has 1 N–H and O–H groups in total. The second-order valence-corrected chi connectivity index (χ2v) is 4.57. The molecule has 0 bridgehead atoms. The van der Waals surface area contributed by atoms with E-state index >= 15 is 0 Å². The molecular formula is C14H14N2O. The third kappa shape index (κ3) is 1.68. The van der Waals surface area contributed by atoms with Crippen LogP contribution < -0.4 is 0 Å². The van der Waals surface area contributed by atoms with E-state index in [4.69, 9.17) is 0 Å². The lowest BCUT2D eigenvalue weighted by Crippen LogP contribution is -1.97. The minimum Gasteiger partial charge on any atom is -0.508 e. The Morgan fingerprint density at radius 3 is 2.71 bits per heavy atom. The van der Waals surface area contributed by atoms with Crippen molar-refractivity contribution in [2.75, 3.05) is 0 Å². The highest BCUT2D eigenvalue weighted by Gasteiger charge is 2.24. The van der Waals surface area contributed by atoms with Crippen molar-refractivity contribution in [1.29, 1.82) is 0 Å². The average Bonchev–Trinajstić information content (AvgIpc) is 2.73. The number of rotatable bonds is 1. The number of aromatic hydroxyl groups is 1. The molecule has 86 valence electrons. The Morgan fingerprint density at radius 2 is 1.94 bits per heavy atom. The molecule has 1 aliphatic carbocycles. The van der Waals surface area contributed by atoms with Gasteiger partial charge in [-0.3, -0.25) is 0 Å². The molecule has 0 radical (unpaired) electrons. The van der Waals surface area contributed by atoms with Gasteiger partial charge in [-0.1, -0.05) is 6.92 Å². The van der Waals surface area contributed by atoms with Gasteiger partial charge in [0.1, 0.15) is 12.1 Å². The number of aryl methyl sites for hydroxylation is 1. The van der Waals surface area contributed by atoms with E-state index in [-0.39, 0.29) is 5.75 Å². The van der Waals surface area contributed by atoms with Crippen LogP contribution in [0.2, 0.25) is 0 Å². The SMILES string of the molecule is CC1CCc2ncnc(-c3ccc(O)cc3)c21. The molecule has 0 amide bonds. The lowest BCUT2D eigenvalue weighted by molar-refractivity contribution is 0.475. The first-order chi connectivity index (χ1) is 8.25. The van der Waals surface area contributed by atoms with Crippen LogP contribution in [0.1, 0.15) is 30.5 Å². The van der Waals surface area contributed by atoms with Crippen LogP contribution in [0.4, 0.5) is 0 Å². The summed E-state index contributed by atoms with van der Waals surface area (Å²) in [5, 5.41) is 9.32. The summed E-state index contributed by atoms with van der Waals surface area (Å²) >= 11 is 0. The van der Waals surface area contributed by atoms with E-state index in [1.165, 1.54) is 11.3 Å². The Balaban J connectivity index is 2.16. The highest BCUT2D eigenvalue weighted by Crippen LogP contribution is 2.37. The van der Waals surface area contributed by atoms with E-state index < -0.39 is 0 Å². The third-order valence-electron chi connectivity index (χ3n) is 3.41. The Kier molecular flexibility index (Phi) is 2.32. The first kappa shape index (κ1) is 10.3. The van der Waals surface area contributed by atoms with Crippen LogP contribution in [0, 0.1) is 0 Å². The van der Waals surface area contributed by atoms with Crippen LogP contribution in [0.25, 0.3) is 11.3 Å². The summed E-state index contributed by atoms with van der Waals surface area (Å²) in [4.78, 5) is 8.76. The number of benzene rings is 1. The number of phenolic OH excluding ortho intramolecular Hbond substituents is 1. The van der Waals surface area contributed by atoms with Crippen molar-refractivity contribution in [3.05, 3.63) is 41.9 Å². The summed E-state index contributed by atoms with van der Waals surface area (Å²) in [5.74, 6) is 0.808. The quantitative estimate of drug-likeness (QED) is 0.813. The van der Waals surface area contributed by atoms with E-state index in [2.05, 4.69) is 16.9 Å². The first-order valence-corrected chi connectivity index (χ1v) is 5.89. The number of hydrogen-bond acceptors (Lipinski definition) is 3. The minimum atomic E-state index is 0.285. The van der Waals surface area contributed by atoms with E-state index in [1.54, 1.807) is 18.5 Å². The monoisotopic (exact) mass is 226 g/mol. The molecule has 1 unspecified atom stereocenters. The van der Waals surface area contributed by atoms with Crippen LogP contribution in [0.15, 0.2) is 30.6 Å². The number of phenols is 1. The molecule has 17 heavy (non-hydrogen) atoms. The van der Waals surface area contributed by atoms with Crippen LogP contribution >= 0.6 is 0 Å². The normalized spacial score (nSPS) is 18.1. The van der Waals surface area contributed by atoms with Gasteiger partial charge in [0.15, 0.2) is 0 Å². The van der Waals surface area contributed by atoms with Crippen molar-refractivity contribution in [3.8, 4) is 17.0 Å². The molecule has 1 atom stereocenters. The summed E-state index contributed by atoms with van der Waals surface area (Å²) in [6.07, 6.45) is 3.84. The third-order valence-corrected chi connectivity index (χ3v) is 3.41. The second kappa shape index (κ2) is 3.84. The van der Waals surface area contributed by atoms with Crippen molar-refractivity contribution in [3.63, 3.8) is 0 Å². The van der Waals surface area contributed by atoms with E-state index in [1.807, 2.05) is 12.1 Å². The molecular weight excluding hydrogens is 212 g/mol. The fraction of sp³-hybridized carbons (Fsp3) is 0.286. The van der Waals surface area contributed by atoms with Gasteiger partial charge in [-0.15, -0.1) is 0 Å². The van der Waals surface area contributed by atoms with Gasteiger partial charge in [-0.2, -0.15) is 0 Å². The van der Waals surface area contributed by atoms with Crippen molar-refractivity contribution < 1.29 is 5.11 Å². The highest BCUT2D eigenvalue weighted by molar-refractivity contribution is 5.65. The summed E-state index contributed by atoms with van der Waals surface area (Å²) in [6, 6.07) is 7.21. The molecule has 3 heteroatoms. The molecule has 1 aliphatic rings. The van der Waals surface area contributed by atoms with E-state index in [0.717, 1.165) is 24.1 Å². The number of aromatic nitrogens is 2. The maximum atomic E-state index is 9.32.